The van der Waals surface area contributed by atoms with Crippen LogP contribution in [0.1, 0.15) is 16.1 Å². The fraction of sp³-hybridized carbons (Fsp3) is 0.267. The van der Waals surface area contributed by atoms with Crippen LogP contribution < -0.4 is 9.64 Å². The maximum Gasteiger partial charge on any atom is 0.422 e. The number of halogens is 3. The molecule has 0 aliphatic heterocycles. The van der Waals surface area contributed by atoms with Crippen molar-refractivity contribution in [2.75, 3.05) is 18.6 Å². The Kier molecular flexibility index (Phi) is 5.22. The SMILES string of the molecule is CN(Cc1ccc(OCC(F)(F)F)cc1)c1cnc(C(=O)O)cn1. The highest BCUT2D eigenvalue weighted by molar-refractivity contribution is 5.84. The van der Waals surface area contributed by atoms with Crippen molar-refractivity contribution in [2.45, 2.75) is 12.7 Å². The highest BCUT2D eigenvalue weighted by Crippen LogP contribution is 2.20. The van der Waals surface area contributed by atoms with Gasteiger partial charge in [0.2, 0.25) is 0 Å². The monoisotopic (exact) mass is 341 g/mol. The van der Waals surface area contributed by atoms with E-state index in [1.165, 1.54) is 18.3 Å². The maximum atomic E-state index is 12.1. The zero-order valence-electron chi connectivity index (χ0n) is 12.6. The molecular weight excluding hydrogens is 327 g/mol. The summed E-state index contributed by atoms with van der Waals surface area (Å²) >= 11 is 0. The first-order valence-electron chi connectivity index (χ1n) is 6.79. The number of carbonyl (C=O) groups is 1. The number of hydrogen-bond acceptors (Lipinski definition) is 5. The molecule has 0 radical (unpaired) electrons. The van der Waals surface area contributed by atoms with Crippen LogP contribution >= 0.6 is 0 Å². The van der Waals surface area contributed by atoms with Crippen LogP contribution in [0.3, 0.4) is 0 Å². The lowest BCUT2D eigenvalue weighted by Crippen LogP contribution is -2.19. The van der Waals surface area contributed by atoms with Crippen LogP contribution in [-0.2, 0) is 6.54 Å². The number of nitrogens with zero attached hydrogens (tertiary/aromatic N) is 3. The molecule has 0 atom stereocenters. The molecule has 1 aromatic carbocycles. The van der Waals surface area contributed by atoms with Gasteiger partial charge in [-0.1, -0.05) is 12.1 Å². The minimum absolute atomic E-state index is 0.129. The molecule has 0 bridgehead atoms. The predicted octanol–water partition coefficient (Wildman–Crippen LogP) is 2.75. The summed E-state index contributed by atoms with van der Waals surface area (Å²) in [6.07, 6.45) is -1.88. The number of aromatic carboxylic acids is 1. The van der Waals surface area contributed by atoms with Crippen molar-refractivity contribution in [1.82, 2.24) is 9.97 Å². The van der Waals surface area contributed by atoms with Gasteiger partial charge in [0.15, 0.2) is 12.3 Å². The molecule has 24 heavy (non-hydrogen) atoms. The Morgan fingerprint density at radius 2 is 1.88 bits per heavy atom. The van der Waals surface area contributed by atoms with Crippen LogP contribution in [0.4, 0.5) is 19.0 Å². The standard InChI is InChI=1S/C15H14F3N3O3/c1-21(13-7-19-12(6-20-13)14(22)23)8-10-2-4-11(5-3-10)24-9-15(16,17)18/h2-7H,8-9H2,1H3,(H,22,23). The van der Waals surface area contributed by atoms with E-state index in [-0.39, 0.29) is 11.4 Å². The quantitative estimate of drug-likeness (QED) is 0.871. The molecule has 128 valence electrons. The Morgan fingerprint density at radius 3 is 2.38 bits per heavy atom. The zero-order chi connectivity index (χ0) is 17.7. The van der Waals surface area contributed by atoms with Gasteiger partial charge in [-0.3, -0.25) is 0 Å². The van der Waals surface area contributed by atoms with Gasteiger partial charge in [-0.05, 0) is 17.7 Å². The molecule has 0 fully saturated rings. The summed E-state index contributed by atoms with van der Waals surface area (Å²) in [6.45, 7) is -0.918. The molecule has 0 saturated carbocycles. The van der Waals surface area contributed by atoms with E-state index >= 15 is 0 Å². The van der Waals surface area contributed by atoms with E-state index in [4.69, 9.17) is 5.11 Å². The van der Waals surface area contributed by atoms with Gasteiger partial charge in [-0.2, -0.15) is 13.2 Å². The van der Waals surface area contributed by atoms with Gasteiger partial charge >= 0.3 is 12.1 Å². The molecule has 0 saturated heterocycles. The summed E-state index contributed by atoms with van der Waals surface area (Å²) in [6, 6.07) is 6.19. The zero-order valence-corrected chi connectivity index (χ0v) is 12.6. The Labute approximate surface area is 135 Å². The molecule has 6 nitrogen and oxygen atoms in total. The lowest BCUT2D eigenvalue weighted by atomic mass is 10.2. The second-order valence-corrected chi connectivity index (χ2v) is 4.97. The van der Waals surface area contributed by atoms with Crippen molar-refractivity contribution >= 4 is 11.8 Å². The summed E-state index contributed by atoms with van der Waals surface area (Å²) in [5.74, 6) is -0.562. The van der Waals surface area contributed by atoms with Gasteiger partial charge < -0.3 is 14.7 Å². The summed E-state index contributed by atoms with van der Waals surface area (Å²) in [4.78, 5) is 20.2. The second-order valence-electron chi connectivity index (χ2n) is 4.97. The average molecular weight is 341 g/mol. The third-order valence-corrected chi connectivity index (χ3v) is 2.99. The maximum absolute atomic E-state index is 12.1. The molecule has 0 amide bonds. The Hall–Kier alpha value is -2.84. The van der Waals surface area contributed by atoms with E-state index in [0.29, 0.717) is 12.4 Å². The number of rotatable bonds is 6. The van der Waals surface area contributed by atoms with Gasteiger partial charge in [-0.15, -0.1) is 0 Å². The fourth-order valence-electron chi connectivity index (χ4n) is 1.84. The largest absolute Gasteiger partial charge is 0.484 e. The molecule has 2 aromatic rings. The highest BCUT2D eigenvalue weighted by Gasteiger charge is 2.28. The third-order valence-electron chi connectivity index (χ3n) is 2.99. The van der Waals surface area contributed by atoms with Crippen molar-refractivity contribution in [3.8, 4) is 5.75 Å². The molecule has 1 aromatic heterocycles. The van der Waals surface area contributed by atoms with Crippen molar-refractivity contribution in [3.05, 3.63) is 47.9 Å². The first-order valence-corrected chi connectivity index (χ1v) is 6.79. The number of carboxylic acid groups (broad SMARTS) is 1. The fourth-order valence-corrected chi connectivity index (χ4v) is 1.84. The number of carboxylic acids is 1. The minimum Gasteiger partial charge on any atom is -0.484 e. The minimum atomic E-state index is -4.38. The number of alkyl halides is 3. The summed E-state index contributed by atoms with van der Waals surface area (Å²) in [7, 11) is 1.73. The van der Waals surface area contributed by atoms with E-state index in [1.807, 2.05) is 0 Å². The van der Waals surface area contributed by atoms with E-state index in [0.717, 1.165) is 11.8 Å². The van der Waals surface area contributed by atoms with Crippen LogP contribution in [0, 0.1) is 0 Å². The number of ether oxygens (including phenoxy) is 1. The molecule has 9 heteroatoms. The average Bonchev–Trinajstić information content (AvgIpc) is 2.53. The van der Waals surface area contributed by atoms with E-state index in [2.05, 4.69) is 14.7 Å². The Bertz CT molecular complexity index is 688. The van der Waals surface area contributed by atoms with Crippen LogP contribution in [-0.4, -0.2) is 40.9 Å². The van der Waals surface area contributed by atoms with Crippen molar-refractivity contribution in [1.29, 1.82) is 0 Å². The van der Waals surface area contributed by atoms with Crippen LogP contribution in [0.2, 0.25) is 0 Å². The molecule has 0 unspecified atom stereocenters. The van der Waals surface area contributed by atoms with Gasteiger partial charge in [0, 0.05) is 13.6 Å². The third kappa shape index (κ3) is 5.11. The Morgan fingerprint density at radius 1 is 1.21 bits per heavy atom. The molecule has 2 rings (SSSR count). The molecule has 0 aliphatic carbocycles. The summed E-state index contributed by atoms with van der Waals surface area (Å²) < 4.78 is 40.9. The summed E-state index contributed by atoms with van der Waals surface area (Å²) in [5.41, 5.74) is 0.666. The molecule has 1 heterocycles. The first kappa shape index (κ1) is 17.5. The van der Waals surface area contributed by atoms with Crippen LogP contribution in [0.5, 0.6) is 5.75 Å². The molecule has 1 N–H and O–H groups in total. The normalized spacial score (nSPS) is 11.2. The lowest BCUT2D eigenvalue weighted by molar-refractivity contribution is -0.153. The number of aromatic nitrogens is 2. The second kappa shape index (κ2) is 7.16. The number of hydrogen-bond donors (Lipinski definition) is 1. The molecule has 0 aliphatic rings. The topological polar surface area (TPSA) is 75.5 Å². The van der Waals surface area contributed by atoms with Crippen molar-refractivity contribution < 1.29 is 27.8 Å². The van der Waals surface area contributed by atoms with Crippen LogP contribution in [0.15, 0.2) is 36.7 Å². The summed E-state index contributed by atoms with van der Waals surface area (Å²) in [5, 5.41) is 8.77. The highest BCUT2D eigenvalue weighted by atomic mass is 19.4. The van der Waals surface area contributed by atoms with Gasteiger partial charge in [-0.25, -0.2) is 14.8 Å². The van der Waals surface area contributed by atoms with Crippen LogP contribution in [0.25, 0.3) is 0 Å². The van der Waals surface area contributed by atoms with Gasteiger partial charge in [0.25, 0.3) is 0 Å². The first-order chi connectivity index (χ1) is 11.2. The Balaban J connectivity index is 1.96. The van der Waals surface area contributed by atoms with E-state index in [1.54, 1.807) is 24.1 Å². The molecule has 0 spiro atoms. The molecular formula is C15H14F3N3O3. The lowest BCUT2D eigenvalue weighted by Gasteiger charge is -2.18. The smallest absolute Gasteiger partial charge is 0.422 e. The van der Waals surface area contributed by atoms with Gasteiger partial charge in [0.05, 0.1) is 12.4 Å². The predicted molar refractivity (Wildman–Crippen MR) is 79.1 cm³/mol. The van der Waals surface area contributed by atoms with E-state index in [9.17, 15) is 18.0 Å². The van der Waals surface area contributed by atoms with Crippen molar-refractivity contribution in [2.24, 2.45) is 0 Å². The number of benzene rings is 1. The van der Waals surface area contributed by atoms with Crippen molar-refractivity contribution in [3.63, 3.8) is 0 Å². The number of anilines is 1. The van der Waals surface area contributed by atoms with E-state index < -0.39 is 18.8 Å². The van der Waals surface area contributed by atoms with Gasteiger partial charge in [0.1, 0.15) is 11.6 Å².